The molecule has 0 spiro atoms. The van der Waals surface area contributed by atoms with E-state index in [0.29, 0.717) is 0 Å². The van der Waals surface area contributed by atoms with E-state index in [9.17, 15) is 0 Å². The molecule has 0 aromatic rings. The lowest BCUT2D eigenvalue weighted by Gasteiger charge is -2.28. The molecule has 0 fully saturated rings. The van der Waals surface area contributed by atoms with Crippen LogP contribution in [0.3, 0.4) is 0 Å². The van der Waals surface area contributed by atoms with Crippen molar-refractivity contribution in [2.45, 2.75) is 130 Å². The van der Waals surface area contributed by atoms with Gasteiger partial charge in [0.2, 0.25) is 0 Å². The first kappa shape index (κ1) is 32.5. The van der Waals surface area contributed by atoms with Crippen molar-refractivity contribution >= 4 is 17.7 Å². The topological polar surface area (TPSA) is 80.3 Å². The number of hydrogen-bond donors (Lipinski definition) is 0. The molecule has 184 valence electrons. The highest BCUT2D eigenvalue weighted by atomic mass is 32.3. The van der Waals surface area contributed by atoms with Crippen molar-refractivity contribution in [1.29, 1.82) is 0 Å². The van der Waals surface area contributed by atoms with Crippen LogP contribution < -0.4 is 0 Å². The van der Waals surface area contributed by atoms with Gasteiger partial charge in [0.25, 0.3) is 0 Å². The van der Waals surface area contributed by atoms with Crippen molar-refractivity contribution in [3.63, 3.8) is 0 Å². The van der Waals surface area contributed by atoms with Gasteiger partial charge in [0.05, 0.1) is 24.6 Å². The van der Waals surface area contributed by atoms with Crippen LogP contribution in [0, 0.1) is 0 Å². The molecule has 4 nitrogen and oxygen atoms in total. The number of hydrogen-bond acceptors (Lipinski definition) is 4. The monoisotopic (exact) mass is 468 g/mol. The van der Waals surface area contributed by atoms with E-state index in [1.165, 1.54) is 103 Å². The maximum Gasteiger partial charge on any atom is 1.00 e. The molecular formula is C24H53O4PS. The van der Waals surface area contributed by atoms with Crippen molar-refractivity contribution in [2.75, 3.05) is 24.6 Å². The van der Waals surface area contributed by atoms with Crippen LogP contribution >= 0.6 is 7.26 Å². The van der Waals surface area contributed by atoms with Crippen LogP contribution in [0.5, 0.6) is 0 Å². The van der Waals surface area contributed by atoms with Crippen LogP contribution in [0.2, 0.25) is 0 Å². The Labute approximate surface area is 191 Å². The predicted octanol–water partition coefficient (Wildman–Crippen LogP) is 8.10. The van der Waals surface area contributed by atoms with Crippen molar-refractivity contribution in [2.24, 2.45) is 0 Å². The molecule has 0 aromatic heterocycles. The number of unbranched alkanes of at least 4 members (excludes halogenated alkanes) is 12. The van der Waals surface area contributed by atoms with Gasteiger partial charge in [0.15, 0.2) is 0 Å². The average Bonchev–Trinajstić information content (AvgIpc) is 2.68. The van der Waals surface area contributed by atoms with Gasteiger partial charge in [-0.25, -0.2) is 0 Å². The van der Waals surface area contributed by atoms with E-state index in [4.69, 9.17) is 17.5 Å². The third-order valence-electron chi connectivity index (χ3n) is 5.94. The standard InChI is InChI=1S/C24H52P.H2O4S/c1-5-9-13-17-21-25(22-18-14-10-6-2,23-19-15-11-7-3)24-20-16-12-8-4;1-5(2,3)4/h5-24H2,1-4H3;(H2,1,2,3,4)/q+1;/p-1. The third kappa shape index (κ3) is 26.3. The van der Waals surface area contributed by atoms with Gasteiger partial charge in [-0.2, -0.15) is 0 Å². The maximum absolute atomic E-state index is 8.52. The van der Waals surface area contributed by atoms with Crippen molar-refractivity contribution in [1.82, 2.24) is 0 Å². The normalized spacial score (nSPS) is 11.9. The summed E-state index contributed by atoms with van der Waals surface area (Å²) in [5, 5.41) is 0. The van der Waals surface area contributed by atoms with Crippen LogP contribution in [-0.2, 0) is 10.4 Å². The van der Waals surface area contributed by atoms with Gasteiger partial charge in [-0.05, 0) is 51.4 Å². The van der Waals surface area contributed by atoms with E-state index < -0.39 is 17.7 Å². The Morgan fingerprint density at radius 1 is 0.500 bits per heavy atom. The molecule has 30 heavy (non-hydrogen) atoms. The summed E-state index contributed by atoms with van der Waals surface area (Å²) in [7, 11) is -5.82. The van der Waals surface area contributed by atoms with E-state index in [2.05, 4.69) is 27.7 Å². The molecule has 6 heteroatoms. The average molecular weight is 469 g/mol. The molecule has 0 rings (SSSR count). The lowest BCUT2D eigenvalue weighted by molar-refractivity contribution is 0.352. The van der Waals surface area contributed by atoms with Crippen molar-refractivity contribution in [3.8, 4) is 0 Å². The summed E-state index contributed by atoms with van der Waals surface area (Å²) in [6, 6.07) is 0. The minimum atomic E-state index is -5.17. The second kappa shape index (κ2) is 22.5. The SMILES string of the molecule is CCCCCC[P+](CCCCCC)(CCCCCC)CCCCCC.O=S(=O)([O-])[O-].[H+]. The van der Waals surface area contributed by atoms with Crippen molar-refractivity contribution in [3.05, 3.63) is 0 Å². The molecule has 0 atom stereocenters. The summed E-state index contributed by atoms with van der Waals surface area (Å²) < 4.78 is 34.1. The largest absolute Gasteiger partial charge is 1.00 e. The van der Waals surface area contributed by atoms with Gasteiger partial charge in [0, 0.05) is 17.7 Å². The van der Waals surface area contributed by atoms with Gasteiger partial charge >= 0.3 is 1.43 Å². The quantitative estimate of drug-likeness (QED) is 0.0782. The van der Waals surface area contributed by atoms with E-state index in [0.717, 1.165) is 0 Å². The fourth-order valence-corrected chi connectivity index (χ4v) is 9.09. The van der Waals surface area contributed by atoms with Crippen LogP contribution in [0.1, 0.15) is 132 Å². The molecule has 0 aromatic carbocycles. The van der Waals surface area contributed by atoms with Crippen LogP contribution in [0.4, 0.5) is 0 Å². The Morgan fingerprint density at radius 2 is 0.700 bits per heavy atom. The second-order valence-electron chi connectivity index (χ2n) is 8.89. The highest BCUT2D eigenvalue weighted by molar-refractivity contribution is 7.79. The predicted molar refractivity (Wildman–Crippen MR) is 135 cm³/mol. The summed E-state index contributed by atoms with van der Waals surface area (Å²) in [5.41, 5.74) is 0. The van der Waals surface area contributed by atoms with Gasteiger partial charge in [-0.15, -0.1) is 0 Å². The molecular weight excluding hydrogens is 415 g/mol. The fourth-order valence-electron chi connectivity index (χ4n) is 4.17. The Kier molecular flexibility index (Phi) is 24.4. The molecule has 0 amide bonds. The molecule has 0 heterocycles. The molecule has 0 unspecified atom stereocenters. The van der Waals surface area contributed by atoms with Gasteiger partial charge < -0.3 is 9.11 Å². The smallest absolute Gasteiger partial charge is 0.759 e. The Balaban J connectivity index is -0.00000116. The summed E-state index contributed by atoms with van der Waals surface area (Å²) >= 11 is 0. The van der Waals surface area contributed by atoms with Gasteiger partial charge in [-0.3, -0.25) is 8.42 Å². The van der Waals surface area contributed by atoms with E-state index in [1.54, 1.807) is 24.6 Å². The first-order chi connectivity index (χ1) is 14.2. The number of rotatable bonds is 20. The van der Waals surface area contributed by atoms with Crippen molar-refractivity contribution < 1.29 is 18.9 Å². The van der Waals surface area contributed by atoms with Gasteiger partial charge in [0.1, 0.15) is 0 Å². The zero-order valence-electron chi connectivity index (χ0n) is 21.6. The summed E-state index contributed by atoms with van der Waals surface area (Å²) in [5.74, 6) is 0. The molecule has 0 aliphatic heterocycles. The minimum absolute atomic E-state index is 0. The fraction of sp³-hybridized carbons (Fsp3) is 1.00. The van der Waals surface area contributed by atoms with Crippen LogP contribution in [0.15, 0.2) is 0 Å². The molecule has 0 saturated carbocycles. The summed E-state index contributed by atoms with van der Waals surface area (Å²) in [4.78, 5) is 0. The molecule has 0 radical (unpaired) electrons. The molecule has 0 N–H and O–H groups in total. The lowest BCUT2D eigenvalue weighted by Crippen LogP contribution is -2.13. The van der Waals surface area contributed by atoms with Gasteiger partial charge in [-0.1, -0.05) is 79.1 Å². The summed E-state index contributed by atoms with van der Waals surface area (Å²) in [6.45, 7) is 9.40. The molecule has 0 aliphatic rings. The Hall–Kier alpha value is 0.300. The lowest BCUT2D eigenvalue weighted by atomic mass is 10.2. The second-order valence-corrected chi connectivity index (χ2v) is 14.2. The van der Waals surface area contributed by atoms with E-state index in [1.807, 2.05) is 0 Å². The zero-order chi connectivity index (χ0) is 23.1. The third-order valence-corrected chi connectivity index (χ3v) is 11.0. The first-order valence-electron chi connectivity index (χ1n) is 12.8. The highest BCUT2D eigenvalue weighted by Crippen LogP contribution is 2.61. The van der Waals surface area contributed by atoms with Crippen LogP contribution in [-0.4, -0.2) is 42.2 Å². The zero-order valence-corrected chi connectivity index (χ0v) is 22.3. The van der Waals surface area contributed by atoms with Crippen LogP contribution in [0.25, 0.3) is 0 Å². The summed E-state index contributed by atoms with van der Waals surface area (Å²) in [6.07, 6.45) is 30.1. The van der Waals surface area contributed by atoms with E-state index in [-0.39, 0.29) is 1.43 Å². The first-order valence-corrected chi connectivity index (χ1v) is 16.6. The highest BCUT2D eigenvalue weighted by Gasteiger charge is 2.34. The molecule has 0 saturated heterocycles. The maximum atomic E-state index is 8.52. The molecule has 0 bridgehead atoms. The minimum Gasteiger partial charge on any atom is -0.759 e. The Morgan fingerprint density at radius 3 is 0.867 bits per heavy atom. The Bertz CT molecular complexity index is 385. The molecule has 0 aliphatic carbocycles. The van der Waals surface area contributed by atoms with E-state index >= 15 is 0 Å².